The molecule has 110 valence electrons. The highest BCUT2D eigenvalue weighted by molar-refractivity contribution is 7.89. The van der Waals surface area contributed by atoms with Gasteiger partial charge in [-0.3, -0.25) is 0 Å². The lowest BCUT2D eigenvalue weighted by Gasteiger charge is -2.12. The van der Waals surface area contributed by atoms with Crippen LogP contribution in [0.1, 0.15) is 24.8 Å². The van der Waals surface area contributed by atoms with Gasteiger partial charge in [-0.1, -0.05) is 0 Å². The van der Waals surface area contributed by atoms with Gasteiger partial charge in [-0.05, 0) is 31.5 Å². The van der Waals surface area contributed by atoms with Crippen LogP contribution in [0.15, 0.2) is 40.0 Å². The topological polar surface area (TPSA) is 95.3 Å². The van der Waals surface area contributed by atoms with Crippen molar-refractivity contribution in [2.45, 2.75) is 37.3 Å². The standard InChI is InChI=1S/C13H18N2O4S/c1-10(4-5-12-3-2-6-19-12)15-20(17,18)13-7-11(9-16)14-8-13/h2-3,6-8,10,14-16H,4-5,9H2,1H3. The third-order valence-electron chi connectivity index (χ3n) is 2.96. The van der Waals surface area contributed by atoms with Crippen molar-refractivity contribution in [2.24, 2.45) is 0 Å². The van der Waals surface area contributed by atoms with Crippen molar-refractivity contribution in [3.8, 4) is 0 Å². The van der Waals surface area contributed by atoms with Crippen molar-refractivity contribution in [2.75, 3.05) is 0 Å². The maximum absolute atomic E-state index is 12.1. The number of aliphatic hydroxyl groups is 1. The first-order chi connectivity index (χ1) is 9.51. The van der Waals surface area contributed by atoms with Gasteiger partial charge >= 0.3 is 0 Å². The number of sulfonamides is 1. The molecule has 2 rings (SSSR count). The van der Waals surface area contributed by atoms with Crippen molar-refractivity contribution < 1.29 is 17.9 Å². The molecule has 2 aromatic rings. The molecule has 2 heterocycles. The maximum Gasteiger partial charge on any atom is 0.242 e. The Morgan fingerprint density at radius 2 is 2.30 bits per heavy atom. The molecule has 0 aromatic carbocycles. The second-order valence-corrected chi connectivity index (χ2v) is 6.37. The first-order valence-electron chi connectivity index (χ1n) is 6.34. The minimum Gasteiger partial charge on any atom is -0.469 e. The fourth-order valence-electron chi connectivity index (χ4n) is 1.87. The Labute approximate surface area is 117 Å². The maximum atomic E-state index is 12.1. The average molecular weight is 298 g/mol. The van der Waals surface area contributed by atoms with Gasteiger partial charge in [0.05, 0.1) is 17.8 Å². The highest BCUT2D eigenvalue weighted by atomic mass is 32.2. The highest BCUT2D eigenvalue weighted by Crippen LogP contribution is 2.13. The summed E-state index contributed by atoms with van der Waals surface area (Å²) < 4.78 is 32.0. The number of hydrogen-bond donors (Lipinski definition) is 3. The molecule has 1 atom stereocenters. The van der Waals surface area contributed by atoms with E-state index in [1.54, 1.807) is 19.3 Å². The molecule has 0 spiro atoms. The van der Waals surface area contributed by atoms with Gasteiger partial charge in [-0.2, -0.15) is 0 Å². The van der Waals surface area contributed by atoms with Crippen LogP contribution in [0.3, 0.4) is 0 Å². The molecule has 7 heteroatoms. The number of rotatable bonds is 7. The van der Waals surface area contributed by atoms with Crippen molar-refractivity contribution in [3.63, 3.8) is 0 Å². The van der Waals surface area contributed by atoms with Crippen LogP contribution in [-0.4, -0.2) is 24.6 Å². The molecule has 0 bridgehead atoms. The van der Waals surface area contributed by atoms with Crippen molar-refractivity contribution in [3.05, 3.63) is 42.1 Å². The summed E-state index contributed by atoms with van der Waals surface area (Å²) >= 11 is 0. The number of furan rings is 1. The Kier molecular flexibility index (Phi) is 4.64. The predicted molar refractivity (Wildman–Crippen MR) is 73.5 cm³/mol. The molecule has 0 saturated heterocycles. The van der Waals surface area contributed by atoms with Gasteiger partial charge in [-0.15, -0.1) is 0 Å². The highest BCUT2D eigenvalue weighted by Gasteiger charge is 2.18. The molecule has 0 radical (unpaired) electrons. The van der Waals surface area contributed by atoms with Crippen LogP contribution in [0.2, 0.25) is 0 Å². The third-order valence-corrected chi connectivity index (χ3v) is 4.53. The Balaban J connectivity index is 1.93. The van der Waals surface area contributed by atoms with Crippen molar-refractivity contribution in [1.29, 1.82) is 0 Å². The molecule has 0 aliphatic heterocycles. The van der Waals surface area contributed by atoms with Gasteiger partial charge < -0.3 is 14.5 Å². The fraction of sp³-hybridized carbons (Fsp3) is 0.385. The molecule has 6 nitrogen and oxygen atoms in total. The molecule has 0 aliphatic carbocycles. The first kappa shape index (κ1) is 14.8. The van der Waals surface area contributed by atoms with E-state index in [0.717, 1.165) is 5.76 Å². The van der Waals surface area contributed by atoms with E-state index in [1.165, 1.54) is 12.3 Å². The molecule has 3 N–H and O–H groups in total. The largest absolute Gasteiger partial charge is 0.469 e. The lowest BCUT2D eigenvalue weighted by molar-refractivity contribution is 0.277. The number of aliphatic hydroxyl groups excluding tert-OH is 1. The molecule has 0 aliphatic rings. The van der Waals surface area contributed by atoms with E-state index in [9.17, 15) is 8.42 Å². The van der Waals surface area contributed by atoms with E-state index in [0.29, 0.717) is 18.5 Å². The molecule has 2 aromatic heterocycles. The summed E-state index contributed by atoms with van der Waals surface area (Å²) in [6.07, 6.45) is 4.28. The van der Waals surface area contributed by atoms with Crippen LogP contribution in [0.25, 0.3) is 0 Å². The van der Waals surface area contributed by atoms with Crippen LogP contribution < -0.4 is 4.72 Å². The van der Waals surface area contributed by atoms with E-state index in [2.05, 4.69) is 9.71 Å². The van der Waals surface area contributed by atoms with E-state index >= 15 is 0 Å². The number of hydrogen-bond acceptors (Lipinski definition) is 4. The van der Waals surface area contributed by atoms with Gasteiger partial charge in [-0.25, -0.2) is 13.1 Å². The molecule has 0 fully saturated rings. The molecule has 20 heavy (non-hydrogen) atoms. The number of H-pyrrole nitrogens is 1. The fourth-order valence-corrected chi connectivity index (χ4v) is 3.17. The van der Waals surface area contributed by atoms with Crippen LogP contribution >= 0.6 is 0 Å². The summed E-state index contributed by atoms with van der Waals surface area (Å²) in [6.45, 7) is 1.59. The number of aryl methyl sites for hydroxylation is 1. The zero-order valence-electron chi connectivity index (χ0n) is 11.2. The monoisotopic (exact) mass is 298 g/mol. The number of aromatic amines is 1. The van der Waals surface area contributed by atoms with Crippen LogP contribution in [0.4, 0.5) is 0 Å². The van der Waals surface area contributed by atoms with Crippen LogP contribution in [0, 0.1) is 0 Å². The van der Waals surface area contributed by atoms with Gasteiger partial charge in [0.1, 0.15) is 5.76 Å². The van der Waals surface area contributed by atoms with E-state index in [1.807, 2.05) is 6.07 Å². The van der Waals surface area contributed by atoms with Gasteiger partial charge in [0.2, 0.25) is 10.0 Å². The van der Waals surface area contributed by atoms with E-state index in [4.69, 9.17) is 9.52 Å². The second kappa shape index (κ2) is 6.25. The van der Waals surface area contributed by atoms with Crippen LogP contribution in [0.5, 0.6) is 0 Å². The average Bonchev–Trinajstić information content (AvgIpc) is 3.07. The summed E-state index contributed by atoms with van der Waals surface area (Å²) in [5.74, 6) is 0.834. The third kappa shape index (κ3) is 3.72. The Morgan fingerprint density at radius 3 is 2.90 bits per heavy atom. The summed E-state index contributed by atoms with van der Waals surface area (Å²) in [6, 6.07) is 4.88. The summed E-state index contributed by atoms with van der Waals surface area (Å²) in [5, 5.41) is 8.93. The summed E-state index contributed by atoms with van der Waals surface area (Å²) in [5.41, 5.74) is 0.466. The minimum absolute atomic E-state index is 0.131. The molecule has 0 saturated carbocycles. The number of aromatic nitrogens is 1. The van der Waals surface area contributed by atoms with Gasteiger partial charge in [0.15, 0.2) is 0 Å². The smallest absolute Gasteiger partial charge is 0.242 e. The lowest BCUT2D eigenvalue weighted by Crippen LogP contribution is -2.32. The Morgan fingerprint density at radius 1 is 1.50 bits per heavy atom. The Bertz CT molecular complexity index is 631. The normalized spacial score (nSPS) is 13.5. The second-order valence-electron chi connectivity index (χ2n) is 4.66. The molecular formula is C13H18N2O4S. The summed E-state index contributed by atoms with van der Waals surface area (Å²) in [7, 11) is -3.56. The lowest BCUT2D eigenvalue weighted by atomic mass is 10.2. The first-order valence-corrected chi connectivity index (χ1v) is 7.82. The van der Waals surface area contributed by atoms with Gasteiger partial charge in [0, 0.05) is 24.4 Å². The Hall–Kier alpha value is -1.57. The van der Waals surface area contributed by atoms with E-state index < -0.39 is 10.0 Å². The van der Waals surface area contributed by atoms with Gasteiger partial charge in [0.25, 0.3) is 0 Å². The van der Waals surface area contributed by atoms with Crippen molar-refractivity contribution in [1.82, 2.24) is 9.71 Å². The van der Waals surface area contributed by atoms with E-state index in [-0.39, 0.29) is 17.5 Å². The molecule has 0 amide bonds. The zero-order chi connectivity index (χ0) is 14.6. The van der Waals surface area contributed by atoms with Crippen molar-refractivity contribution >= 4 is 10.0 Å². The molecular weight excluding hydrogens is 280 g/mol. The molecule has 1 unspecified atom stereocenters. The quantitative estimate of drug-likeness (QED) is 0.720. The van der Waals surface area contributed by atoms with Crippen LogP contribution in [-0.2, 0) is 23.1 Å². The number of nitrogens with one attached hydrogen (secondary N) is 2. The zero-order valence-corrected chi connectivity index (χ0v) is 12.0. The summed E-state index contributed by atoms with van der Waals surface area (Å²) in [4.78, 5) is 2.84. The minimum atomic E-state index is -3.56. The predicted octanol–water partition coefficient (Wildman–Crippen LogP) is 1.40. The SMILES string of the molecule is CC(CCc1ccco1)NS(=O)(=O)c1c[nH]c(CO)c1.